The van der Waals surface area contributed by atoms with Crippen LogP contribution >= 0.6 is 11.6 Å². The van der Waals surface area contributed by atoms with Crippen molar-refractivity contribution >= 4 is 11.6 Å². The maximum Gasteiger partial charge on any atom is 0.452 e. The molecule has 0 amide bonds. The summed E-state index contributed by atoms with van der Waals surface area (Å²) in [5.41, 5.74) is 2.37. The maximum absolute atomic E-state index is 13.5. The van der Waals surface area contributed by atoms with Gasteiger partial charge in [0.05, 0.1) is 12.8 Å². The standard InChI is InChI=1S/C19H15ClF3N3O2/c1-10-12(4-3-5-15(10)27-2)17-13-8-11(20)6-7-14(13)26-16(9-28-17)24-25-18(26)19(21,22)23/h3-8,17H,9H2,1-2H3/t17-/m1/s1. The lowest BCUT2D eigenvalue weighted by atomic mass is 9.95. The minimum absolute atomic E-state index is 0.0685. The van der Waals surface area contributed by atoms with Crippen molar-refractivity contribution in [2.45, 2.75) is 25.8 Å². The number of hydrogen-bond acceptors (Lipinski definition) is 4. The van der Waals surface area contributed by atoms with Crippen LogP contribution in [0.15, 0.2) is 36.4 Å². The van der Waals surface area contributed by atoms with Gasteiger partial charge >= 0.3 is 6.18 Å². The molecule has 5 nitrogen and oxygen atoms in total. The van der Waals surface area contributed by atoms with E-state index in [-0.39, 0.29) is 18.1 Å². The van der Waals surface area contributed by atoms with E-state index in [2.05, 4.69) is 10.2 Å². The van der Waals surface area contributed by atoms with Gasteiger partial charge in [0.15, 0.2) is 5.82 Å². The predicted molar refractivity (Wildman–Crippen MR) is 95.7 cm³/mol. The fourth-order valence-corrected chi connectivity index (χ4v) is 3.61. The van der Waals surface area contributed by atoms with E-state index in [0.29, 0.717) is 16.3 Å². The van der Waals surface area contributed by atoms with Crippen molar-refractivity contribution in [1.82, 2.24) is 14.8 Å². The Morgan fingerprint density at radius 1 is 1.18 bits per heavy atom. The van der Waals surface area contributed by atoms with Crippen molar-refractivity contribution in [2.75, 3.05) is 7.11 Å². The molecule has 0 saturated heterocycles. The molecular formula is C19H15ClF3N3O2. The van der Waals surface area contributed by atoms with Crippen LogP contribution < -0.4 is 4.74 Å². The van der Waals surface area contributed by atoms with E-state index in [1.54, 1.807) is 19.2 Å². The number of halogens is 4. The molecule has 9 heteroatoms. The SMILES string of the molecule is COc1cccc([C@H]2OCc3nnc(C(F)(F)F)n3-c3ccc(Cl)cc32)c1C. The molecule has 1 atom stereocenters. The summed E-state index contributed by atoms with van der Waals surface area (Å²) in [5.74, 6) is -0.374. The molecule has 2 heterocycles. The fourth-order valence-electron chi connectivity index (χ4n) is 3.43. The van der Waals surface area contributed by atoms with E-state index in [1.807, 2.05) is 19.1 Å². The molecule has 146 valence electrons. The lowest BCUT2D eigenvalue weighted by Crippen LogP contribution is -2.16. The summed E-state index contributed by atoms with van der Waals surface area (Å²) in [5, 5.41) is 7.42. The summed E-state index contributed by atoms with van der Waals surface area (Å²) in [6.07, 6.45) is -5.31. The second kappa shape index (κ2) is 6.79. The summed E-state index contributed by atoms with van der Waals surface area (Å²) in [4.78, 5) is 0. The Hall–Kier alpha value is -2.58. The van der Waals surface area contributed by atoms with Gasteiger partial charge in [0.25, 0.3) is 0 Å². The number of alkyl halides is 3. The molecule has 0 aliphatic carbocycles. The number of ether oxygens (including phenoxy) is 2. The van der Waals surface area contributed by atoms with Crippen molar-refractivity contribution < 1.29 is 22.6 Å². The summed E-state index contributed by atoms with van der Waals surface area (Å²) in [7, 11) is 1.56. The highest BCUT2D eigenvalue weighted by Gasteiger charge is 2.41. The van der Waals surface area contributed by atoms with Crippen molar-refractivity contribution in [1.29, 1.82) is 0 Å². The largest absolute Gasteiger partial charge is 0.496 e. The van der Waals surface area contributed by atoms with Gasteiger partial charge in [-0.1, -0.05) is 23.7 Å². The van der Waals surface area contributed by atoms with Crippen molar-refractivity contribution in [2.24, 2.45) is 0 Å². The molecule has 0 saturated carbocycles. The molecule has 0 N–H and O–H groups in total. The highest BCUT2D eigenvalue weighted by Crippen LogP contribution is 2.41. The molecular weight excluding hydrogens is 395 g/mol. The third-order valence-electron chi connectivity index (χ3n) is 4.70. The first-order valence-corrected chi connectivity index (χ1v) is 8.75. The molecule has 0 bridgehead atoms. The van der Waals surface area contributed by atoms with Gasteiger partial charge < -0.3 is 9.47 Å². The highest BCUT2D eigenvalue weighted by molar-refractivity contribution is 6.30. The van der Waals surface area contributed by atoms with E-state index >= 15 is 0 Å². The van der Waals surface area contributed by atoms with Gasteiger partial charge in [-0.15, -0.1) is 10.2 Å². The van der Waals surface area contributed by atoms with Crippen molar-refractivity contribution in [3.63, 3.8) is 0 Å². The van der Waals surface area contributed by atoms with Gasteiger partial charge in [-0.2, -0.15) is 13.2 Å². The quantitative estimate of drug-likeness (QED) is 0.605. The monoisotopic (exact) mass is 409 g/mol. The Morgan fingerprint density at radius 3 is 2.68 bits per heavy atom. The van der Waals surface area contributed by atoms with Crippen molar-refractivity contribution in [3.8, 4) is 11.4 Å². The molecule has 28 heavy (non-hydrogen) atoms. The number of methoxy groups -OCH3 is 1. The van der Waals surface area contributed by atoms with E-state index in [1.165, 1.54) is 12.1 Å². The van der Waals surface area contributed by atoms with Gasteiger partial charge in [-0.05, 0) is 42.3 Å². The molecule has 0 fully saturated rings. The lowest BCUT2D eigenvalue weighted by Gasteiger charge is -2.22. The maximum atomic E-state index is 13.5. The highest BCUT2D eigenvalue weighted by atomic mass is 35.5. The molecule has 2 aromatic carbocycles. The van der Waals surface area contributed by atoms with Crippen LogP contribution in [0.4, 0.5) is 13.2 Å². The van der Waals surface area contributed by atoms with Crippen LogP contribution in [0.2, 0.25) is 5.02 Å². The fraction of sp³-hybridized carbons (Fsp3) is 0.263. The van der Waals surface area contributed by atoms with Crippen LogP contribution in [0.3, 0.4) is 0 Å². The van der Waals surface area contributed by atoms with E-state index in [0.717, 1.165) is 15.7 Å². The Labute approximate surface area is 163 Å². The second-order valence-electron chi connectivity index (χ2n) is 6.34. The number of aromatic nitrogens is 3. The summed E-state index contributed by atoms with van der Waals surface area (Å²) >= 11 is 6.17. The Balaban J connectivity index is 1.96. The molecule has 0 radical (unpaired) electrons. The van der Waals surface area contributed by atoms with Crippen molar-refractivity contribution in [3.05, 3.63) is 69.8 Å². The summed E-state index contributed by atoms with van der Waals surface area (Å²) in [6, 6.07) is 10.1. The van der Waals surface area contributed by atoms with Crippen LogP contribution in [0.5, 0.6) is 5.75 Å². The Kier molecular flexibility index (Phi) is 4.55. The van der Waals surface area contributed by atoms with Gasteiger partial charge in [0.2, 0.25) is 5.82 Å². The van der Waals surface area contributed by atoms with Gasteiger partial charge in [0, 0.05) is 10.6 Å². The molecule has 1 aliphatic heterocycles. The third-order valence-corrected chi connectivity index (χ3v) is 4.94. The molecule has 0 spiro atoms. The number of benzene rings is 2. The number of nitrogens with zero attached hydrogens (tertiary/aromatic N) is 3. The average molecular weight is 410 g/mol. The van der Waals surface area contributed by atoms with Gasteiger partial charge in [-0.3, -0.25) is 4.57 Å². The Morgan fingerprint density at radius 2 is 1.96 bits per heavy atom. The first-order chi connectivity index (χ1) is 13.3. The Bertz CT molecular complexity index is 1050. The minimum Gasteiger partial charge on any atom is -0.496 e. The number of hydrogen-bond donors (Lipinski definition) is 0. The first kappa shape index (κ1) is 18.8. The van der Waals surface area contributed by atoms with Crippen LogP contribution in [-0.2, 0) is 17.5 Å². The summed E-state index contributed by atoms with van der Waals surface area (Å²) < 4.78 is 52.8. The van der Waals surface area contributed by atoms with Crippen LogP contribution in [0, 0.1) is 6.92 Å². The smallest absolute Gasteiger partial charge is 0.452 e. The van der Waals surface area contributed by atoms with Gasteiger partial charge in [-0.25, -0.2) is 0 Å². The average Bonchev–Trinajstić information content (AvgIpc) is 3.01. The van der Waals surface area contributed by atoms with Crippen LogP contribution in [0.1, 0.15) is 34.4 Å². The van der Waals surface area contributed by atoms with Gasteiger partial charge in [0.1, 0.15) is 18.5 Å². The predicted octanol–water partition coefficient (Wildman–Crippen LogP) is 4.88. The number of rotatable bonds is 2. The molecule has 3 aromatic rings. The number of fused-ring (bicyclic) bond motifs is 3. The lowest BCUT2D eigenvalue weighted by molar-refractivity contribution is -0.146. The molecule has 4 rings (SSSR count). The topological polar surface area (TPSA) is 49.2 Å². The molecule has 1 aromatic heterocycles. The van der Waals surface area contributed by atoms with Crippen LogP contribution in [-0.4, -0.2) is 21.9 Å². The summed E-state index contributed by atoms with van der Waals surface area (Å²) in [6.45, 7) is 1.73. The third kappa shape index (κ3) is 3.02. The van der Waals surface area contributed by atoms with E-state index < -0.39 is 18.1 Å². The van der Waals surface area contributed by atoms with E-state index in [9.17, 15) is 13.2 Å². The minimum atomic E-state index is -4.66. The normalized spacial score (nSPS) is 16.3. The first-order valence-electron chi connectivity index (χ1n) is 8.37. The van der Waals surface area contributed by atoms with Crippen LogP contribution in [0.25, 0.3) is 5.69 Å². The zero-order chi connectivity index (χ0) is 20.1. The van der Waals surface area contributed by atoms with E-state index in [4.69, 9.17) is 21.1 Å². The second-order valence-corrected chi connectivity index (χ2v) is 6.78. The zero-order valence-electron chi connectivity index (χ0n) is 14.9. The molecule has 0 unspecified atom stereocenters. The molecule has 1 aliphatic rings. The zero-order valence-corrected chi connectivity index (χ0v) is 15.7.